The standard InChI is InChI=1S/C14H11Cl2FN2O3/c15-10-8-11(16)13(19-12(10)17)21-6-7-22-14(20)18-9-4-2-1-3-5-9/h1-5,8H,6-7H2,(H,18,20). The van der Waals surface area contributed by atoms with Crippen LogP contribution >= 0.6 is 23.2 Å². The van der Waals surface area contributed by atoms with Crippen molar-refractivity contribution in [1.82, 2.24) is 4.98 Å². The van der Waals surface area contributed by atoms with Crippen LogP contribution in [0.25, 0.3) is 0 Å². The van der Waals surface area contributed by atoms with Crippen LogP contribution in [-0.4, -0.2) is 24.3 Å². The van der Waals surface area contributed by atoms with Crippen LogP contribution < -0.4 is 10.1 Å². The van der Waals surface area contributed by atoms with E-state index in [-0.39, 0.29) is 29.1 Å². The SMILES string of the molecule is O=C(Nc1ccccc1)OCCOc1nc(F)c(Cl)cc1Cl. The Bertz CT molecular complexity index is 656. The minimum atomic E-state index is -0.885. The fraction of sp³-hybridized carbons (Fsp3) is 0.143. The van der Waals surface area contributed by atoms with Crippen LogP contribution in [0.2, 0.25) is 10.0 Å². The number of hydrogen-bond donors (Lipinski definition) is 1. The average molecular weight is 345 g/mol. The van der Waals surface area contributed by atoms with Gasteiger partial charge in [-0.1, -0.05) is 41.4 Å². The summed E-state index contributed by atoms with van der Waals surface area (Å²) >= 11 is 11.3. The number of aromatic nitrogens is 1. The molecule has 0 aliphatic carbocycles. The van der Waals surface area contributed by atoms with E-state index in [4.69, 9.17) is 32.7 Å². The van der Waals surface area contributed by atoms with Gasteiger partial charge in [0.2, 0.25) is 11.8 Å². The summed E-state index contributed by atoms with van der Waals surface area (Å²) in [6.45, 7) is -0.0864. The van der Waals surface area contributed by atoms with Crippen molar-refractivity contribution in [3.63, 3.8) is 0 Å². The summed E-state index contributed by atoms with van der Waals surface area (Å²) in [4.78, 5) is 14.9. The minimum absolute atomic E-state index is 0.0317. The lowest BCUT2D eigenvalue weighted by Gasteiger charge is -2.09. The third kappa shape index (κ3) is 4.75. The van der Waals surface area contributed by atoms with Crippen molar-refractivity contribution < 1.29 is 18.7 Å². The predicted molar refractivity (Wildman–Crippen MR) is 81.1 cm³/mol. The number of pyridine rings is 1. The Balaban J connectivity index is 1.75. The first kappa shape index (κ1) is 16.3. The molecule has 0 aliphatic heterocycles. The third-order valence-electron chi connectivity index (χ3n) is 2.43. The van der Waals surface area contributed by atoms with Gasteiger partial charge in [-0.15, -0.1) is 0 Å². The summed E-state index contributed by atoms with van der Waals surface area (Å²) in [5, 5.41) is 2.40. The van der Waals surface area contributed by atoms with E-state index in [1.165, 1.54) is 6.07 Å². The molecule has 1 N–H and O–H groups in total. The number of ether oxygens (including phenoxy) is 2. The van der Waals surface area contributed by atoms with Crippen LogP contribution in [0.15, 0.2) is 36.4 Å². The molecule has 116 valence electrons. The number of halogens is 3. The number of rotatable bonds is 5. The van der Waals surface area contributed by atoms with Crippen molar-refractivity contribution >= 4 is 35.0 Å². The van der Waals surface area contributed by atoms with Gasteiger partial charge in [0.1, 0.15) is 18.2 Å². The number of benzene rings is 1. The molecule has 0 bridgehead atoms. The van der Waals surface area contributed by atoms with Crippen LogP contribution in [0.4, 0.5) is 14.9 Å². The normalized spacial score (nSPS) is 10.1. The van der Waals surface area contributed by atoms with Crippen LogP contribution in [0.3, 0.4) is 0 Å². The summed E-state index contributed by atoms with van der Waals surface area (Å²) in [5.41, 5.74) is 0.609. The molecule has 0 saturated heterocycles. The third-order valence-corrected chi connectivity index (χ3v) is 2.97. The first-order chi connectivity index (χ1) is 10.6. The van der Waals surface area contributed by atoms with E-state index in [1.807, 2.05) is 6.07 Å². The summed E-state index contributed by atoms with van der Waals surface area (Å²) in [6, 6.07) is 10.0. The van der Waals surface area contributed by atoms with Gasteiger partial charge in [0, 0.05) is 5.69 Å². The number of carbonyl (C=O) groups excluding carboxylic acids is 1. The van der Waals surface area contributed by atoms with Crippen LogP contribution in [0.5, 0.6) is 5.88 Å². The summed E-state index contributed by atoms with van der Waals surface area (Å²) in [5.74, 6) is -1.00. The summed E-state index contributed by atoms with van der Waals surface area (Å²) in [6.07, 6.45) is -0.629. The molecule has 1 amide bonds. The molecular weight excluding hydrogens is 334 g/mol. The zero-order valence-electron chi connectivity index (χ0n) is 11.2. The van der Waals surface area contributed by atoms with Gasteiger partial charge in [-0.25, -0.2) is 4.79 Å². The number of anilines is 1. The molecule has 8 heteroatoms. The van der Waals surface area contributed by atoms with Gasteiger partial charge in [-0.05, 0) is 18.2 Å². The van der Waals surface area contributed by atoms with Crippen molar-refractivity contribution in [1.29, 1.82) is 0 Å². The highest BCUT2D eigenvalue weighted by Gasteiger charge is 2.10. The molecule has 0 radical (unpaired) electrons. The maximum Gasteiger partial charge on any atom is 0.411 e. The monoisotopic (exact) mass is 344 g/mol. The van der Waals surface area contributed by atoms with Gasteiger partial charge in [0.25, 0.3) is 0 Å². The molecule has 1 heterocycles. The van der Waals surface area contributed by atoms with E-state index in [9.17, 15) is 9.18 Å². The first-order valence-corrected chi connectivity index (χ1v) is 6.95. The molecule has 0 atom stereocenters. The first-order valence-electron chi connectivity index (χ1n) is 6.19. The minimum Gasteiger partial charge on any atom is -0.473 e. The molecule has 0 spiro atoms. The maximum atomic E-state index is 13.2. The van der Waals surface area contributed by atoms with Gasteiger partial charge in [0.05, 0.1) is 5.02 Å². The second kappa shape index (κ2) is 7.82. The fourth-order valence-electron chi connectivity index (χ4n) is 1.48. The fourth-order valence-corrected chi connectivity index (χ4v) is 1.89. The number of nitrogens with zero attached hydrogens (tertiary/aromatic N) is 1. The lowest BCUT2D eigenvalue weighted by Crippen LogP contribution is -2.17. The van der Waals surface area contributed by atoms with Crippen molar-refractivity contribution in [3.8, 4) is 5.88 Å². The second-order valence-electron chi connectivity index (χ2n) is 4.02. The number of hydrogen-bond acceptors (Lipinski definition) is 4. The molecule has 5 nitrogen and oxygen atoms in total. The van der Waals surface area contributed by atoms with Crippen molar-refractivity contribution in [3.05, 3.63) is 52.4 Å². The molecule has 2 aromatic rings. The van der Waals surface area contributed by atoms with E-state index >= 15 is 0 Å². The average Bonchev–Trinajstić information content (AvgIpc) is 2.49. The molecule has 22 heavy (non-hydrogen) atoms. The zero-order chi connectivity index (χ0) is 15.9. The maximum absolute atomic E-state index is 13.2. The van der Waals surface area contributed by atoms with Gasteiger partial charge in [0.15, 0.2) is 0 Å². The molecule has 0 unspecified atom stereocenters. The van der Waals surface area contributed by atoms with E-state index in [1.54, 1.807) is 24.3 Å². The van der Waals surface area contributed by atoms with Crippen LogP contribution in [0, 0.1) is 5.95 Å². The lowest BCUT2D eigenvalue weighted by atomic mass is 10.3. The molecular formula is C14H11Cl2FN2O3. The van der Waals surface area contributed by atoms with Crippen LogP contribution in [-0.2, 0) is 4.74 Å². The van der Waals surface area contributed by atoms with Gasteiger partial charge in [-0.2, -0.15) is 9.37 Å². The molecule has 0 saturated carbocycles. The van der Waals surface area contributed by atoms with Crippen LogP contribution in [0.1, 0.15) is 0 Å². The van der Waals surface area contributed by atoms with Crippen molar-refractivity contribution in [2.75, 3.05) is 18.5 Å². The van der Waals surface area contributed by atoms with Crippen molar-refractivity contribution in [2.45, 2.75) is 0 Å². The topological polar surface area (TPSA) is 60.5 Å². The zero-order valence-corrected chi connectivity index (χ0v) is 12.7. The largest absolute Gasteiger partial charge is 0.473 e. The Hall–Kier alpha value is -2.05. The molecule has 0 aliphatic rings. The predicted octanol–water partition coefficient (Wildman–Crippen LogP) is 4.16. The highest BCUT2D eigenvalue weighted by atomic mass is 35.5. The smallest absolute Gasteiger partial charge is 0.411 e. The molecule has 1 aromatic heterocycles. The molecule has 0 fully saturated rings. The highest BCUT2D eigenvalue weighted by Crippen LogP contribution is 2.26. The second-order valence-corrected chi connectivity index (χ2v) is 4.84. The Kier molecular flexibility index (Phi) is 5.80. The number of nitrogens with one attached hydrogen (secondary N) is 1. The van der Waals surface area contributed by atoms with Gasteiger partial charge < -0.3 is 9.47 Å². The van der Waals surface area contributed by atoms with Crippen molar-refractivity contribution in [2.24, 2.45) is 0 Å². The Morgan fingerprint density at radius 2 is 1.91 bits per heavy atom. The Morgan fingerprint density at radius 1 is 1.18 bits per heavy atom. The van der Waals surface area contributed by atoms with E-state index < -0.39 is 12.0 Å². The van der Waals surface area contributed by atoms with Gasteiger partial charge >= 0.3 is 6.09 Å². The number of carbonyl (C=O) groups is 1. The lowest BCUT2D eigenvalue weighted by molar-refractivity contribution is 0.136. The Morgan fingerprint density at radius 3 is 2.64 bits per heavy atom. The molecule has 2 rings (SSSR count). The molecule has 1 aromatic carbocycles. The Labute approximate surface area is 136 Å². The number of amides is 1. The quantitative estimate of drug-likeness (QED) is 0.653. The summed E-state index contributed by atoms with van der Waals surface area (Å²) in [7, 11) is 0. The van der Waals surface area contributed by atoms with E-state index in [2.05, 4.69) is 10.3 Å². The number of para-hydroxylation sites is 1. The highest BCUT2D eigenvalue weighted by molar-refractivity contribution is 6.35. The summed E-state index contributed by atoms with van der Waals surface area (Å²) < 4.78 is 23.2. The van der Waals surface area contributed by atoms with E-state index in [0.29, 0.717) is 5.69 Å². The van der Waals surface area contributed by atoms with E-state index in [0.717, 1.165) is 0 Å². The van der Waals surface area contributed by atoms with Gasteiger partial charge in [-0.3, -0.25) is 5.32 Å².